The molecular formula is C23H32N4O11. The monoisotopic (exact) mass is 540 g/mol. The highest BCUT2D eigenvalue weighted by Gasteiger charge is 2.27. The number of benzene rings is 1. The molecule has 6 N–H and O–H groups in total. The molecule has 1 unspecified atom stereocenters. The average molecular weight is 541 g/mol. The van der Waals surface area contributed by atoms with Gasteiger partial charge in [-0.1, -0.05) is 30.3 Å². The van der Waals surface area contributed by atoms with Crippen LogP contribution in [0.25, 0.3) is 0 Å². The van der Waals surface area contributed by atoms with E-state index in [-0.39, 0.29) is 39.1 Å². The summed E-state index contributed by atoms with van der Waals surface area (Å²) in [7, 11) is 0. The second-order valence-electron chi connectivity index (χ2n) is 8.18. The number of carbonyl (C=O) groups excluding carboxylic acids is 2. The minimum atomic E-state index is -1.35. The van der Waals surface area contributed by atoms with Crippen molar-refractivity contribution in [3.05, 3.63) is 35.9 Å². The van der Waals surface area contributed by atoms with E-state index in [4.69, 9.17) is 14.9 Å². The van der Waals surface area contributed by atoms with Crippen molar-refractivity contribution in [2.45, 2.75) is 25.5 Å². The van der Waals surface area contributed by atoms with Crippen molar-refractivity contribution in [1.29, 1.82) is 0 Å². The first kappa shape index (κ1) is 31.8. The van der Waals surface area contributed by atoms with Crippen molar-refractivity contribution in [1.82, 2.24) is 20.4 Å². The van der Waals surface area contributed by atoms with Gasteiger partial charge in [0.05, 0.1) is 26.2 Å². The Morgan fingerprint density at radius 1 is 0.763 bits per heavy atom. The number of rotatable bonds is 19. The van der Waals surface area contributed by atoms with Gasteiger partial charge in [-0.05, 0) is 12.0 Å². The lowest BCUT2D eigenvalue weighted by Gasteiger charge is -2.32. The van der Waals surface area contributed by atoms with Crippen LogP contribution >= 0.6 is 0 Å². The van der Waals surface area contributed by atoms with Gasteiger partial charge < -0.3 is 35.8 Å². The number of hydrogen-bond acceptors (Lipinski definition) is 9. The summed E-state index contributed by atoms with van der Waals surface area (Å²) in [5.41, 5.74) is 0.802. The van der Waals surface area contributed by atoms with Gasteiger partial charge in [0, 0.05) is 32.1 Å². The van der Waals surface area contributed by atoms with E-state index in [9.17, 15) is 39.0 Å². The van der Waals surface area contributed by atoms with Crippen molar-refractivity contribution >= 4 is 35.9 Å². The minimum absolute atomic E-state index is 0.0437. The lowest BCUT2D eigenvalue weighted by atomic mass is 10.1. The smallest absolute Gasteiger partial charge is 0.407 e. The molecule has 0 aliphatic rings. The fourth-order valence-corrected chi connectivity index (χ4v) is 3.44. The molecule has 1 aromatic rings. The van der Waals surface area contributed by atoms with Gasteiger partial charge in [0.1, 0.15) is 6.61 Å². The second-order valence-corrected chi connectivity index (χ2v) is 8.18. The first-order valence-electron chi connectivity index (χ1n) is 11.5. The fraction of sp³-hybridized carbons (Fsp3) is 0.478. The Labute approximate surface area is 218 Å². The SMILES string of the molecule is O=C(O)CN(CC(=O)O)CC(CCC(=O)NCCNC(=O)OCc1ccccc1)N(CC(=O)O)CC(=O)O. The lowest BCUT2D eigenvalue weighted by molar-refractivity contribution is -0.146. The summed E-state index contributed by atoms with van der Waals surface area (Å²) in [5.74, 6) is -5.87. The quantitative estimate of drug-likeness (QED) is 0.117. The van der Waals surface area contributed by atoms with Crippen LogP contribution in [0.1, 0.15) is 18.4 Å². The molecule has 15 heteroatoms. The van der Waals surface area contributed by atoms with E-state index in [0.717, 1.165) is 15.4 Å². The maximum atomic E-state index is 12.3. The number of amides is 2. The van der Waals surface area contributed by atoms with Gasteiger partial charge in [-0.25, -0.2) is 4.79 Å². The Bertz CT molecular complexity index is 926. The number of aliphatic carboxylic acids is 4. The molecular weight excluding hydrogens is 508 g/mol. The number of carboxylic acids is 4. The summed E-state index contributed by atoms with van der Waals surface area (Å²) in [5, 5.41) is 41.5. The zero-order chi connectivity index (χ0) is 28.5. The first-order chi connectivity index (χ1) is 18.0. The number of carbonyl (C=O) groups is 6. The maximum absolute atomic E-state index is 12.3. The normalized spacial score (nSPS) is 11.5. The van der Waals surface area contributed by atoms with Crippen LogP contribution in [0.4, 0.5) is 4.79 Å². The van der Waals surface area contributed by atoms with Crippen LogP contribution in [-0.2, 0) is 35.3 Å². The van der Waals surface area contributed by atoms with Crippen molar-refractivity contribution < 1.29 is 53.9 Å². The van der Waals surface area contributed by atoms with Crippen LogP contribution in [0.5, 0.6) is 0 Å². The van der Waals surface area contributed by atoms with Crippen LogP contribution in [0, 0.1) is 0 Å². The Hall–Kier alpha value is -4.24. The van der Waals surface area contributed by atoms with Gasteiger partial charge in [0.25, 0.3) is 0 Å². The third-order valence-corrected chi connectivity index (χ3v) is 5.01. The first-order valence-corrected chi connectivity index (χ1v) is 11.5. The zero-order valence-electron chi connectivity index (χ0n) is 20.6. The minimum Gasteiger partial charge on any atom is -0.480 e. The lowest BCUT2D eigenvalue weighted by Crippen LogP contribution is -2.50. The Morgan fingerprint density at radius 3 is 1.82 bits per heavy atom. The number of nitrogens with zero attached hydrogens (tertiary/aromatic N) is 2. The molecule has 2 amide bonds. The third-order valence-electron chi connectivity index (χ3n) is 5.01. The van der Waals surface area contributed by atoms with E-state index >= 15 is 0 Å². The van der Waals surface area contributed by atoms with E-state index in [1.54, 1.807) is 24.3 Å². The van der Waals surface area contributed by atoms with E-state index in [0.29, 0.717) is 0 Å². The summed E-state index contributed by atoms with van der Waals surface area (Å²) in [6.45, 7) is -2.95. The van der Waals surface area contributed by atoms with Gasteiger partial charge in [0.2, 0.25) is 5.91 Å². The van der Waals surface area contributed by atoms with Crippen LogP contribution < -0.4 is 10.6 Å². The topological polar surface area (TPSA) is 223 Å². The molecule has 0 heterocycles. The summed E-state index contributed by atoms with van der Waals surface area (Å²) in [6, 6.07) is 8.04. The Balaban J connectivity index is 2.65. The van der Waals surface area contributed by atoms with Crippen molar-refractivity contribution in [3.8, 4) is 0 Å². The van der Waals surface area contributed by atoms with Crippen LogP contribution in [0.2, 0.25) is 0 Å². The maximum Gasteiger partial charge on any atom is 0.407 e. The molecule has 15 nitrogen and oxygen atoms in total. The largest absolute Gasteiger partial charge is 0.480 e. The molecule has 0 radical (unpaired) electrons. The standard InChI is InChI=1S/C23H32N4O11/c28-18(24-8-9-25-23(37)38-15-16-4-2-1-3-5-16)7-6-17(27(13-21(33)34)14-22(35)36)10-26(11-19(29)30)12-20(31)32/h1-5,17H,6-15H2,(H,24,28)(H,25,37)(H,29,30)(H,31,32)(H,33,34)(H,35,36). The average Bonchev–Trinajstić information content (AvgIpc) is 2.82. The fourth-order valence-electron chi connectivity index (χ4n) is 3.44. The molecule has 0 aliphatic carbocycles. The summed E-state index contributed by atoms with van der Waals surface area (Å²) < 4.78 is 5.04. The van der Waals surface area contributed by atoms with Gasteiger partial charge in [0.15, 0.2) is 0 Å². The van der Waals surface area contributed by atoms with Crippen LogP contribution in [0.15, 0.2) is 30.3 Å². The molecule has 210 valence electrons. The molecule has 0 saturated heterocycles. The van der Waals surface area contributed by atoms with Gasteiger partial charge >= 0.3 is 30.0 Å². The molecule has 38 heavy (non-hydrogen) atoms. The molecule has 1 atom stereocenters. The molecule has 0 aromatic heterocycles. The molecule has 0 saturated carbocycles. The van der Waals surface area contributed by atoms with Crippen LogP contribution in [-0.4, -0.2) is 118 Å². The molecule has 1 aromatic carbocycles. The zero-order valence-corrected chi connectivity index (χ0v) is 20.6. The molecule has 1 rings (SSSR count). The number of hydrogen-bond donors (Lipinski definition) is 6. The van der Waals surface area contributed by atoms with E-state index in [2.05, 4.69) is 10.6 Å². The molecule has 0 fully saturated rings. The Morgan fingerprint density at radius 2 is 1.29 bits per heavy atom. The highest BCUT2D eigenvalue weighted by atomic mass is 16.5. The molecule has 0 spiro atoms. The number of alkyl carbamates (subject to hydrolysis) is 1. The molecule has 0 aliphatic heterocycles. The van der Waals surface area contributed by atoms with Gasteiger partial charge in [-0.2, -0.15) is 0 Å². The molecule has 0 bridgehead atoms. The van der Waals surface area contributed by atoms with E-state index < -0.39 is 68.1 Å². The van der Waals surface area contributed by atoms with Crippen molar-refractivity contribution in [2.24, 2.45) is 0 Å². The predicted octanol–water partition coefficient (Wildman–Crippen LogP) is -0.880. The number of carboxylic acid groups (broad SMARTS) is 4. The highest BCUT2D eigenvalue weighted by Crippen LogP contribution is 2.11. The van der Waals surface area contributed by atoms with Crippen molar-refractivity contribution in [3.63, 3.8) is 0 Å². The van der Waals surface area contributed by atoms with Gasteiger partial charge in [-0.15, -0.1) is 0 Å². The van der Waals surface area contributed by atoms with Crippen LogP contribution in [0.3, 0.4) is 0 Å². The summed E-state index contributed by atoms with van der Waals surface area (Å²) >= 11 is 0. The van der Waals surface area contributed by atoms with E-state index in [1.165, 1.54) is 0 Å². The third kappa shape index (κ3) is 15.0. The number of nitrogens with one attached hydrogen (secondary N) is 2. The summed E-state index contributed by atoms with van der Waals surface area (Å²) in [6.07, 6.45) is -0.972. The predicted molar refractivity (Wildman–Crippen MR) is 129 cm³/mol. The van der Waals surface area contributed by atoms with Gasteiger partial charge in [-0.3, -0.25) is 33.8 Å². The summed E-state index contributed by atoms with van der Waals surface area (Å²) in [4.78, 5) is 70.9. The number of ether oxygens (including phenoxy) is 1. The second kappa shape index (κ2) is 17.3. The Kier molecular flexibility index (Phi) is 14.4. The van der Waals surface area contributed by atoms with E-state index in [1.807, 2.05) is 6.07 Å². The van der Waals surface area contributed by atoms with Crippen molar-refractivity contribution in [2.75, 3.05) is 45.8 Å². The highest BCUT2D eigenvalue weighted by molar-refractivity contribution is 5.76.